The lowest BCUT2D eigenvalue weighted by Crippen LogP contribution is -2.06. The summed E-state index contributed by atoms with van der Waals surface area (Å²) < 4.78 is 4.51. The van der Waals surface area contributed by atoms with Crippen LogP contribution >= 0.6 is 0 Å². The Morgan fingerprint density at radius 1 is 1.29 bits per heavy atom. The van der Waals surface area contributed by atoms with Crippen LogP contribution in [-0.4, -0.2) is 23.0 Å². The van der Waals surface area contributed by atoms with Crippen LogP contribution in [-0.2, 0) is 16.0 Å². The maximum absolute atomic E-state index is 11.5. The maximum Gasteiger partial charge on any atom is 0.347 e. The number of benzene rings is 1. The molecule has 1 aliphatic heterocycles. The lowest BCUT2D eigenvalue weighted by molar-refractivity contribution is -0.136. The Morgan fingerprint density at radius 3 is 2.65 bits per heavy atom. The molecule has 5 heteroatoms. The molecule has 2 rings (SSSR count). The second-order valence-electron chi connectivity index (χ2n) is 3.85. The van der Waals surface area contributed by atoms with Gasteiger partial charge in [0.25, 0.3) is 0 Å². The van der Waals surface area contributed by atoms with E-state index in [0.717, 1.165) is 5.56 Å². The van der Waals surface area contributed by atoms with Gasteiger partial charge in [-0.15, -0.1) is 0 Å². The van der Waals surface area contributed by atoms with E-state index in [1.807, 2.05) is 0 Å². The highest BCUT2D eigenvalue weighted by Crippen LogP contribution is 2.27. The van der Waals surface area contributed by atoms with Crippen LogP contribution in [0.5, 0.6) is 0 Å². The van der Waals surface area contributed by atoms with Crippen LogP contribution in [0.3, 0.4) is 0 Å². The van der Waals surface area contributed by atoms with E-state index in [0.29, 0.717) is 5.56 Å². The zero-order chi connectivity index (χ0) is 12.6. The number of aryl methyl sites for hydroxylation is 1. The summed E-state index contributed by atoms with van der Waals surface area (Å²) >= 11 is 0. The van der Waals surface area contributed by atoms with Crippen LogP contribution < -0.4 is 0 Å². The topological polar surface area (TPSA) is 80.7 Å². The number of carboxylic acid groups (broad SMARTS) is 1. The number of hydrogen-bond donors (Lipinski definition) is 1. The van der Waals surface area contributed by atoms with Gasteiger partial charge in [0, 0.05) is 6.42 Å². The molecule has 0 unspecified atom stereocenters. The van der Waals surface area contributed by atoms with Crippen molar-refractivity contribution in [1.29, 1.82) is 0 Å². The number of fused-ring (bicyclic) bond motifs is 1. The van der Waals surface area contributed by atoms with Crippen LogP contribution in [0.2, 0.25) is 0 Å². The first-order chi connectivity index (χ1) is 8.00. The highest BCUT2D eigenvalue weighted by atomic mass is 16.6. The van der Waals surface area contributed by atoms with Gasteiger partial charge in [0.05, 0.1) is 11.1 Å². The van der Waals surface area contributed by atoms with Crippen molar-refractivity contribution in [3.63, 3.8) is 0 Å². The number of hydrogen-bond acceptors (Lipinski definition) is 4. The second kappa shape index (κ2) is 4.01. The van der Waals surface area contributed by atoms with Gasteiger partial charge in [-0.2, -0.15) is 0 Å². The molecule has 1 aliphatic rings. The molecule has 88 valence electrons. The van der Waals surface area contributed by atoms with Crippen molar-refractivity contribution in [2.45, 2.75) is 19.8 Å². The molecule has 5 nitrogen and oxygen atoms in total. The van der Waals surface area contributed by atoms with Crippen LogP contribution in [0.25, 0.3) is 0 Å². The monoisotopic (exact) mass is 234 g/mol. The first-order valence-electron chi connectivity index (χ1n) is 5.11. The van der Waals surface area contributed by atoms with E-state index in [1.165, 1.54) is 6.07 Å². The molecule has 0 atom stereocenters. The first-order valence-corrected chi connectivity index (χ1v) is 5.11. The fourth-order valence-corrected chi connectivity index (χ4v) is 1.90. The third kappa shape index (κ3) is 1.91. The van der Waals surface area contributed by atoms with Crippen LogP contribution in [0.1, 0.15) is 38.3 Å². The minimum Gasteiger partial charge on any atom is -0.481 e. The molecule has 0 radical (unpaired) electrons. The van der Waals surface area contributed by atoms with Gasteiger partial charge in [-0.3, -0.25) is 4.79 Å². The molecular formula is C12H10O5. The predicted octanol–water partition coefficient (Wildman–Crippen LogP) is 1.32. The van der Waals surface area contributed by atoms with Gasteiger partial charge in [0.2, 0.25) is 0 Å². The Morgan fingerprint density at radius 2 is 2.00 bits per heavy atom. The lowest BCUT2D eigenvalue weighted by atomic mass is 9.94. The van der Waals surface area contributed by atoms with Gasteiger partial charge >= 0.3 is 17.9 Å². The summed E-state index contributed by atoms with van der Waals surface area (Å²) in [6, 6.07) is 3.22. The largest absolute Gasteiger partial charge is 0.481 e. The average Bonchev–Trinajstić information content (AvgIpc) is 2.53. The Labute approximate surface area is 97.0 Å². The lowest BCUT2D eigenvalue weighted by Gasteiger charge is -2.07. The number of rotatable bonds is 3. The second-order valence-corrected chi connectivity index (χ2v) is 3.85. The summed E-state index contributed by atoms with van der Waals surface area (Å²) in [5.41, 5.74) is 1.81. The van der Waals surface area contributed by atoms with E-state index in [1.54, 1.807) is 13.0 Å². The van der Waals surface area contributed by atoms with Gasteiger partial charge in [0.1, 0.15) is 0 Å². The Hall–Kier alpha value is -2.17. The van der Waals surface area contributed by atoms with Gasteiger partial charge in [-0.25, -0.2) is 9.59 Å². The SMILES string of the molecule is Cc1ccc2c(c1CCC(=O)O)C(=O)OC2=O. The van der Waals surface area contributed by atoms with Gasteiger partial charge in [0.15, 0.2) is 0 Å². The zero-order valence-electron chi connectivity index (χ0n) is 9.15. The van der Waals surface area contributed by atoms with Gasteiger partial charge in [-0.05, 0) is 30.5 Å². The average molecular weight is 234 g/mol. The molecule has 0 aliphatic carbocycles. The summed E-state index contributed by atoms with van der Waals surface area (Å²) in [5, 5.41) is 8.65. The van der Waals surface area contributed by atoms with E-state index in [9.17, 15) is 14.4 Å². The smallest absolute Gasteiger partial charge is 0.347 e. The quantitative estimate of drug-likeness (QED) is 0.630. The van der Waals surface area contributed by atoms with Crippen molar-refractivity contribution in [3.05, 3.63) is 34.4 Å². The number of carboxylic acids is 1. The predicted molar refractivity (Wildman–Crippen MR) is 56.9 cm³/mol. The van der Waals surface area contributed by atoms with Crippen molar-refractivity contribution < 1.29 is 24.2 Å². The summed E-state index contributed by atoms with van der Waals surface area (Å²) in [4.78, 5) is 33.4. The third-order valence-electron chi connectivity index (χ3n) is 2.75. The first kappa shape index (κ1) is 11.3. The Bertz CT molecular complexity index is 530. The van der Waals surface area contributed by atoms with E-state index >= 15 is 0 Å². The molecular weight excluding hydrogens is 224 g/mol. The van der Waals surface area contributed by atoms with Crippen LogP contribution in [0.4, 0.5) is 0 Å². The Kier molecular flexibility index (Phi) is 2.67. The fourth-order valence-electron chi connectivity index (χ4n) is 1.90. The summed E-state index contributed by atoms with van der Waals surface area (Å²) in [5.74, 6) is -2.30. The van der Waals surface area contributed by atoms with Crippen molar-refractivity contribution in [3.8, 4) is 0 Å². The van der Waals surface area contributed by atoms with Crippen LogP contribution in [0, 0.1) is 6.92 Å². The molecule has 0 spiro atoms. The van der Waals surface area contributed by atoms with Crippen molar-refractivity contribution >= 4 is 17.9 Å². The van der Waals surface area contributed by atoms with E-state index in [-0.39, 0.29) is 24.0 Å². The fraction of sp³-hybridized carbons (Fsp3) is 0.250. The molecule has 0 fully saturated rings. The maximum atomic E-state index is 11.5. The molecule has 17 heavy (non-hydrogen) atoms. The normalized spacial score (nSPS) is 13.5. The number of cyclic esters (lactones) is 2. The summed E-state index contributed by atoms with van der Waals surface area (Å²) in [6.45, 7) is 1.77. The molecule has 0 amide bonds. The highest BCUT2D eigenvalue weighted by molar-refractivity contribution is 6.15. The highest BCUT2D eigenvalue weighted by Gasteiger charge is 2.32. The van der Waals surface area contributed by atoms with Crippen molar-refractivity contribution in [2.75, 3.05) is 0 Å². The number of ether oxygens (including phenoxy) is 1. The molecule has 1 aromatic carbocycles. The molecule has 1 N–H and O–H groups in total. The van der Waals surface area contributed by atoms with E-state index in [4.69, 9.17) is 5.11 Å². The van der Waals surface area contributed by atoms with E-state index < -0.39 is 17.9 Å². The molecule has 1 heterocycles. The number of aliphatic carboxylic acids is 1. The zero-order valence-corrected chi connectivity index (χ0v) is 9.15. The summed E-state index contributed by atoms with van der Waals surface area (Å²) in [7, 11) is 0. The standard InChI is InChI=1S/C12H10O5/c1-6-2-3-8-10(12(16)17-11(8)15)7(6)4-5-9(13)14/h2-3H,4-5H2,1H3,(H,13,14). The number of carbonyl (C=O) groups is 3. The molecule has 0 saturated carbocycles. The van der Waals surface area contributed by atoms with Crippen molar-refractivity contribution in [1.82, 2.24) is 0 Å². The molecule has 1 aromatic rings. The number of esters is 2. The summed E-state index contributed by atoms with van der Waals surface area (Å²) in [6.07, 6.45) is 0.130. The minimum absolute atomic E-state index is 0.0846. The minimum atomic E-state index is -0.945. The molecule has 0 saturated heterocycles. The van der Waals surface area contributed by atoms with Crippen molar-refractivity contribution in [2.24, 2.45) is 0 Å². The number of carbonyl (C=O) groups excluding carboxylic acids is 2. The Balaban J connectivity index is 2.48. The van der Waals surface area contributed by atoms with Crippen LogP contribution in [0.15, 0.2) is 12.1 Å². The third-order valence-corrected chi connectivity index (χ3v) is 2.75. The molecule has 0 aromatic heterocycles. The van der Waals surface area contributed by atoms with Gasteiger partial charge in [-0.1, -0.05) is 6.07 Å². The van der Waals surface area contributed by atoms with Gasteiger partial charge < -0.3 is 9.84 Å². The van der Waals surface area contributed by atoms with E-state index in [2.05, 4.69) is 4.74 Å². The molecule has 0 bridgehead atoms.